The number of anilines is 1. The Hall–Kier alpha value is -4.13. The molecule has 4 aromatic rings. The first-order chi connectivity index (χ1) is 16.0. The molecule has 4 rings (SSSR count). The first-order valence-corrected chi connectivity index (χ1v) is 10.5. The molecule has 0 spiro atoms. The zero-order chi connectivity index (χ0) is 23.5. The summed E-state index contributed by atoms with van der Waals surface area (Å²) in [6.45, 7) is 3.55. The van der Waals surface area contributed by atoms with Crippen LogP contribution in [0.25, 0.3) is 22.3 Å². The van der Waals surface area contributed by atoms with E-state index in [1.807, 2.05) is 48.5 Å². The normalized spacial score (nSPS) is 10.9. The van der Waals surface area contributed by atoms with Crippen LogP contribution in [0.4, 0.5) is 5.69 Å². The molecule has 0 atom stereocenters. The number of ether oxygens (including phenoxy) is 2. The van der Waals surface area contributed by atoms with E-state index >= 15 is 0 Å². The van der Waals surface area contributed by atoms with Gasteiger partial charge in [-0.25, -0.2) is 0 Å². The van der Waals surface area contributed by atoms with E-state index in [4.69, 9.17) is 13.9 Å². The van der Waals surface area contributed by atoms with Crippen molar-refractivity contribution in [3.63, 3.8) is 0 Å². The molecule has 0 aliphatic heterocycles. The van der Waals surface area contributed by atoms with E-state index in [0.29, 0.717) is 17.9 Å². The molecule has 170 valence electrons. The Bertz CT molecular complexity index is 1340. The van der Waals surface area contributed by atoms with Gasteiger partial charge in [-0.05, 0) is 37.3 Å². The molecule has 0 radical (unpaired) electrons. The Labute approximate surface area is 191 Å². The molecule has 0 fully saturated rings. The number of phenolic OH excluding ortho intramolecular Hbond substituents is 2. The molecule has 0 aliphatic carbocycles. The predicted octanol–water partition coefficient (Wildman–Crippen LogP) is 4.91. The molecular weight excluding hydrogens is 422 g/mol. The van der Waals surface area contributed by atoms with Crippen LogP contribution in [0.5, 0.6) is 23.0 Å². The van der Waals surface area contributed by atoms with Crippen molar-refractivity contribution in [1.29, 1.82) is 0 Å². The van der Waals surface area contributed by atoms with E-state index in [0.717, 1.165) is 29.6 Å². The summed E-state index contributed by atoms with van der Waals surface area (Å²) < 4.78 is 16.5. The van der Waals surface area contributed by atoms with Crippen molar-refractivity contribution >= 4 is 16.7 Å². The molecule has 0 bridgehead atoms. The monoisotopic (exact) mass is 447 g/mol. The van der Waals surface area contributed by atoms with E-state index in [1.165, 1.54) is 13.2 Å². The van der Waals surface area contributed by atoms with Crippen molar-refractivity contribution in [3.8, 4) is 34.3 Å². The van der Waals surface area contributed by atoms with Crippen molar-refractivity contribution in [3.05, 3.63) is 76.5 Å². The minimum Gasteiger partial charge on any atom is -0.507 e. The summed E-state index contributed by atoms with van der Waals surface area (Å²) >= 11 is 0. The molecule has 0 aliphatic rings. The van der Waals surface area contributed by atoms with Gasteiger partial charge in [0.15, 0.2) is 16.8 Å². The molecule has 7 heteroatoms. The quantitative estimate of drug-likeness (QED) is 0.416. The van der Waals surface area contributed by atoms with Gasteiger partial charge in [0, 0.05) is 42.0 Å². The highest BCUT2D eigenvalue weighted by molar-refractivity contribution is 5.91. The summed E-state index contributed by atoms with van der Waals surface area (Å²) in [5.74, 6) is 0.454. The van der Waals surface area contributed by atoms with Crippen LogP contribution in [-0.2, 0) is 6.54 Å². The highest BCUT2D eigenvalue weighted by Crippen LogP contribution is 2.40. The Kier molecular flexibility index (Phi) is 6.13. The molecule has 7 nitrogen and oxygen atoms in total. The molecule has 33 heavy (non-hydrogen) atoms. The zero-order valence-corrected chi connectivity index (χ0v) is 18.7. The lowest BCUT2D eigenvalue weighted by Gasteiger charge is -2.24. The van der Waals surface area contributed by atoms with Gasteiger partial charge >= 0.3 is 0 Å². The number of hydrogen-bond acceptors (Lipinski definition) is 7. The third-order valence-electron chi connectivity index (χ3n) is 5.57. The maximum Gasteiger partial charge on any atom is 0.204 e. The zero-order valence-electron chi connectivity index (χ0n) is 18.7. The fraction of sp³-hybridized carbons (Fsp3) is 0.192. The second-order valence-electron chi connectivity index (χ2n) is 7.50. The van der Waals surface area contributed by atoms with Crippen LogP contribution in [0.15, 0.2) is 69.9 Å². The van der Waals surface area contributed by atoms with Gasteiger partial charge in [-0.1, -0.05) is 18.2 Å². The Balaban J connectivity index is 1.70. The average molecular weight is 447 g/mol. The molecular formula is C26H25NO6. The van der Waals surface area contributed by atoms with Gasteiger partial charge in [-0.2, -0.15) is 0 Å². The molecule has 3 aromatic carbocycles. The number of rotatable bonds is 7. The summed E-state index contributed by atoms with van der Waals surface area (Å²) in [4.78, 5) is 14.9. The average Bonchev–Trinajstić information content (AvgIpc) is 2.82. The van der Waals surface area contributed by atoms with E-state index in [1.54, 1.807) is 7.11 Å². The number of methoxy groups -OCH3 is 2. The van der Waals surface area contributed by atoms with Gasteiger partial charge in [0.25, 0.3) is 0 Å². The molecule has 2 N–H and O–H groups in total. The number of aromatic hydroxyl groups is 2. The maximum atomic E-state index is 12.7. The minimum absolute atomic E-state index is 0.00654. The fourth-order valence-electron chi connectivity index (χ4n) is 3.88. The Morgan fingerprint density at radius 3 is 2.33 bits per heavy atom. The second-order valence-corrected chi connectivity index (χ2v) is 7.50. The number of phenols is 2. The third kappa shape index (κ3) is 4.17. The van der Waals surface area contributed by atoms with Crippen LogP contribution in [0.1, 0.15) is 12.5 Å². The van der Waals surface area contributed by atoms with Gasteiger partial charge in [0.1, 0.15) is 22.6 Å². The summed E-state index contributed by atoms with van der Waals surface area (Å²) in [6, 6.07) is 17.9. The minimum atomic E-state index is -0.433. The lowest BCUT2D eigenvalue weighted by atomic mass is 10.1. The number of fused-ring (bicyclic) bond motifs is 1. The van der Waals surface area contributed by atoms with E-state index in [-0.39, 0.29) is 28.2 Å². The molecule has 1 heterocycles. The van der Waals surface area contributed by atoms with E-state index in [9.17, 15) is 15.0 Å². The summed E-state index contributed by atoms with van der Waals surface area (Å²) in [7, 11) is 3.02. The number of para-hydroxylation sites is 1. The molecule has 0 amide bonds. The first-order valence-electron chi connectivity index (χ1n) is 10.5. The second kappa shape index (κ2) is 9.16. The standard InChI is InChI=1S/C26H25NO6/c1-4-27(15-17-7-5-6-8-22(17)31-2)18-11-9-16(10-12-18)23-14-20(29)24-19(28)13-21(30)25(32-3)26(24)33-23/h5-14,28,30H,4,15H2,1-3H3. The smallest absolute Gasteiger partial charge is 0.204 e. The van der Waals surface area contributed by atoms with Crippen LogP contribution in [-0.4, -0.2) is 31.0 Å². The first kappa shape index (κ1) is 22.1. The van der Waals surface area contributed by atoms with Crippen LogP contribution in [0.3, 0.4) is 0 Å². The molecule has 0 saturated carbocycles. The Morgan fingerprint density at radius 2 is 1.67 bits per heavy atom. The van der Waals surface area contributed by atoms with E-state index < -0.39 is 5.43 Å². The fourth-order valence-corrected chi connectivity index (χ4v) is 3.88. The SMILES string of the molecule is CCN(Cc1ccccc1OC)c1ccc(-c2cc(=O)c3c(O)cc(O)c(OC)c3o2)cc1. The van der Waals surface area contributed by atoms with Crippen molar-refractivity contribution in [1.82, 2.24) is 0 Å². The number of benzene rings is 3. The molecule has 0 saturated heterocycles. The lowest BCUT2D eigenvalue weighted by Crippen LogP contribution is -2.22. The topological polar surface area (TPSA) is 92.4 Å². The highest BCUT2D eigenvalue weighted by atomic mass is 16.5. The largest absolute Gasteiger partial charge is 0.507 e. The van der Waals surface area contributed by atoms with Gasteiger partial charge in [-0.3, -0.25) is 4.79 Å². The third-order valence-corrected chi connectivity index (χ3v) is 5.57. The van der Waals surface area contributed by atoms with Gasteiger partial charge < -0.3 is 29.0 Å². The van der Waals surface area contributed by atoms with Crippen molar-refractivity contribution in [2.75, 3.05) is 25.7 Å². The van der Waals surface area contributed by atoms with Crippen molar-refractivity contribution < 1.29 is 24.1 Å². The van der Waals surface area contributed by atoms with Crippen LogP contribution < -0.4 is 19.8 Å². The van der Waals surface area contributed by atoms with Gasteiger partial charge in [0.05, 0.1) is 14.2 Å². The molecule has 0 unspecified atom stereocenters. The van der Waals surface area contributed by atoms with Gasteiger partial charge in [-0.15, -0.1) is 0 Å². The van der Waals surface area contributed by atoms with Gasteiger partial charge in [0.2, 0.25) is 5.75 Å². The number of hydrogen-bond donors (Lipinski definition) is 2. The van der Waals surface area contributed by atoms with Crippen molar-refractivity contribution in [2.24, 2.45) is 0 Å². The van der Waals surface area contributed by atoms with Crippen LogP contribution in [0, 0.1) is 0 Å². The van der Waals surface area contributed by atoms with Crippen LogP contribution >= 0.6 is 0 Å². The number of nitrogens with zero attached hydrogens (tertiary/aromatic N) is 1. The summed E-state index contributed by atoms with van der Waals surface area (Å²) in [5, 5.41) is 20.1. The van der Waals surface area contributed by atoms with Crippen molar-refractivity contribution in [2.45, 2.75) is 13.5 Å². The lowest BCUT2D eigenvalue weighted by molar-refractivity contribution is 0.367. The predicted molar refractivity (Wildman–Crippen MR) is 128 cm³/mol. The molecule has 1 aromatic heterocycles. The Morgan fingerprint density at radius 1 is 0.939 bits per heavy atom. The highest BCUT2D eigenvalue weighted by Gasteiger charge is 2.19. The van der Waals surface area contributed by atoms with Crippen LogP contribution in [0.2, 0.25) is 0 Å². The van der Waals surface area contributed by atoms with E-state index in [2.05, 4.69) is 11.8 Å². The maximum absolute atomic E-state index is 12.7. The summed E-state index contributed by atoms with van der Waals surface area (Å²) in [6.07, 6.45) is 0. The summed E-state index contributed by atoms with van der Waals surface area (Å²) in [5.41, 5.74) is 2.32.